The number of anilines is 1. The second-order valence-corrected chi connectivity index (χ2v) is 5.94. The van der Waals surface area contributed by atoms with Crippen LogP contribution in [0.15, 0.2) is 29.4 Å². The minimum atomic E-state index is 0.470. The van der Waals surface area contributed by atoms with Crippen LogP contribution in [0.25, 0.3) is 0 Å². The zero-order valence-corrected chi connectivity index (χ0v) is 13.7. The predicted octanol–water partition coefficient (Wildman–Crippen LogP) is 3.74. The molecule has 1 N–H and O–H groups in total. The maximum atomic E-state index is 4.55. The van der Waals surface area contributed by atoms with E-state index in [1.165, 1.54) is 5.56 Å². The maximum absolute atomic E-state index is 4.55. The monoisotopic (exact) mass is 325 g/mol. The van der Waals surface area contributed by atoms with Gasteiger partial charge in [-0.25, -0.2) is 4.98 Å². The fourth-order valence-electron chi connectivity index (χ4n) is 1.84. The summed E-state index contributed by atoms with van der Waals surface area (Å²) in [4.78, 5) is 6.76. The summed E-state index contributed by atoms with van der Waals surface area (Å²) in [5.74, 6) is 1.06. The van der Waals surface area contributed by atoms with E-state index >= 15 is 0 Å². The van der Waals surface area contributed by atoms with Gasteiger partial charge in [0.25, 0.3) is 0 Å². The molecule has 0 atom stereocenters. The zero-order chi connectivity index (χ0) is 14.3. The van der Waals surface area contributed by atoms with E-state index in [0.717, 1.165) is 36.2 Å². The Balaban J connectivity index is 2.76. The lowest BCUT2D eigenvalue weighted by Crippen LogP contribution is -2.26. The second-order valence-electron chi connectivity index (χ2n) is 5.02. The first-order valence-corrected chi connectivity index (χ1v) is 7.53. The topological polar surface area (TPSA) is 28.2 Å². The Hall–Kier alpha value is -0.870. The van der Waals surface area contributed by atoms with Crippen LogP contribution in [-0.2, 0) is 6.54 Å². The lowest BCUT2D eigenvalue weighted by Gasteiger charge is -2.22. The Morgan fingerprint density at radius 2 is 2.26 bits per heavy atom. The number of allylic oxidation sites excluding steroid dienone is 1. The second kappa shape index (κ2) is 8.33. The molecule has 0 bridgehead atoms. The molecule has 1 rings (SSSR count). The molecule has 4 heteroatoms. The number of aromatic nitrogens is 1. The van der Waals surface area contributed by atoms with Gasteiger partial charge in [0.15, 0.2) is 0 Å². The molecule has 3 nitrogen and oxygen atoms in total. The number of nitrogens with zero attached hydrogens (tertiary/aromatic N) is 2. The third kappa shape index (κ3) is 5.74. The smallest absolute Gasteiger partial charge is 0.132 e. The van der Waals surface area contributed by atoms with Gasteiger partial charge >= 0.3 is 0 Å². The molecule has 106 valence electrons. The van der Waals surface area contributed by atoms with Crippen LogP contribution in [0.1, 0.15) is 32.3 Å². The van der Waals surface area contributed by atoms with Crippen LogP contribution in [-0.4, -0.2) is 24.6 Å². The molecule has 0 aliphatic heterocycles. The molecule has 0 fully saturated rings. The summed E-state index contributed by atoms with van der Waals surface area (Å²) >= 11 is 3.49. The van der Waals surface area contributed by atoms with Crippen LogP contribution >= 0.6 is 15.9 Å². The van der Waals surface area contributed by atoms with Gasteiger partial charge in [0.05, 0.1) is 0 Å². The van der Waals surface area contributed by atoms with Crippen LogP contribution in [0.2, 0.25) is 0 Å². The first-order valence-electron chi connectivity index (χ1n) is 6.74. The van der Waals surface area contributed by atoms with Crippen molar-refractivity contribution in [1.82, 2.24) is 10.3 Å². The molecule has 1 aromatic heterocycles. The van der Waals surface area contributed by atoms with Gasteiger partial charge in [0.1, 0.15) is 5.82 Å². The number of hydrogen-bond acceptors (Lipinski definition) is 3. The van der Waals surface area contributed by atoms with E-state index < -0.39 is 0 Å². The summed E-state index contributed by atoms with van der Waals surface area (Å²) in [6.07, 6.45) is 5.97. The fraction of sp³-hybridized carbons (Fsp3) is 0.533. The van der Waals surface area contributed by atoms with Crippen molar-refractivity contribution < 1.29 is 0 Å². The third-order valence-corrected chi connectivity index (χ3v) is 3.31. The predicted molar refractivity (Wildman–Crippen MR) is 86.6 cm³/mol. The van der Waals surface area contributed by atoms with Crippen molar-refractivity contribution in [2.75, 3.05) is 18.5 Å². The third-order valence-electron chi connectivity index (χ3n) is 2.87. The highest BCUT2D eigenvalue weighted by Crippen LogP contribution is 2.21. The van der Waals surface area contributed by atoms with Crippen molar-refractivity contribution in [2.24, 2.45) is 0 Å². The van der Waals surface area contributed by atoms with Gasteiger partial charge in [0.2, 0.25) is 0 Å². The number of rotatable bonds is 8. The molecular weight excluding hydrogens is 302 g/mol. The van der Waals surface area contributed by atoms with E-state index in [4.69, 9.17) is 0 Å². The van der Waals surface area contributed by atoms with E-state index in [-0.39, 0.29) is 0 Å². The van der Waals surface area contributed by atoms with Crippen molar-refractivity contribution in [2.45, 2.75) is 39.3 Å². The van der Waals surface area contributed by atoms with Gasteiger partial charge < -0.3 is 10.2 Å². The Labute approximate surface area is 125 Å². The molecule has 1 heterocycles. The fourth-order valence-corrected chi connectivity index (χ4v) is 2.22. The molecule has 0 spiro atoms. The summed E-state index contributed by atoms with van der Waals surface area (Å²) in [5, 5.41) is 3.45. The Bertz CT molecular complexity index is 404. The normalized spacial score (nSPS) is 10.8. The minimum absolute atomic E-state index is 0.470. The van der Waals surface area contributed by atoms with Crippen LogP contribution < -0.4 is 10.2 Å². The summed E-state index contributed by atoms with van der Waals surface area (Å²) < 4.78 is 1.02. The minimum Gasteiger partial charge on any atom is -0.359 e. The molecule has 0 saturated carbocycles. The Morgan fingerprint density at radius 1 is 1.53 bits per heavy atom. The van der Waals surface area contributed by atoms with Crippen LogP contribution in [0.5, 0.6) is 0 Å². The largest absolute Gasteiger partial charge is 0.359 e. The van der Waals surface area contributed by atoms with Gasteiger partial charge in [-0.1, -0.05) is 19.9 Å². The molecule has 0 aliphatic rings. The van der Waals surface area contributed by atoms with Crippen molar-refractivity contribution in [3.05, 3.63) is 35.0 Å². The number of unbranched alkanes of at least 4 members (excludes halogenated alkanes) is 1. The van der Waals surface area contributed by atoms with Gasteiger partial charge in [0, 0.05) is 42.4 Å². The van der Waals surface area contributed by atoms with Crippen molar-refractivity contribution in [3.8, 4) is 0 Å². The van der Waals surface area contributed by atoms with Crippen LogP contribution in [0.4, 0.5) is 5.82 Å². The molecule has 1 aromatic rings. The maximum Gasteiger partial charge on any atom is 0.132 e. The Morgan fingerprint density at radius 3 is 2.89 bits per heavy atom. The first-order chi connectivity index (χ1) is 9.04. The average molecular weight is 326 g/mol. The summed E-state index contributed by atoms with van der Waals surface area (Å²) in [5.41, 5.74) is 1.23. The van der Waals surface area contributed by atoms with Crippen LogP contribution in [0.3, 0.4) is 0 Å². The highest BCUT2D eigenvalue weighted by Gasteiger charge is 2.10. The summed E-state index contributed by atoms with van der Waals surface area (Å²) in [7, 11) is 2.10. The zero-order valence-electron chi connectivity index (χ0n) is 12.1. The molecule has 0 radical (unpaired) electrons. The van der Waals surface area contributed by atoms with E-state index in [9.17, 15) is 0 Å². The lowest BCUT2D eigenvalue weighted by molar-refractivity contribution is 0.587. The van der Waals surface area contributed by atoms with Crippen molar-refractivity contribution in [1.29, 1.82) is 0 Å². The quantitative estimate of drug-likeness (QED) is 0.583. The van der Waals surface area contributed by atoms with E-state index in [1.807, 2.05) is 12.3 Å². The molecule has 0 saturated heterocycles. The number of hydrogen-bond donors (Lipinski definition) is 1. The molecular formula is C15H24BrN3. The highest BCUT2D eigenvalue weighted by atomic mass is 79.9. The van der Waals surface area contributed by atoms with Gasteiger partial charge in [-0.15, -0.1) is 6.58 Å². The first kappa shape index (κ1) is 16.2. The molecule has 0 amide bonds. The summed E-state index contributed by atoms with van der Waals surface area (Å²) in [6.45, 7) is 9.90. The standard InChI is InChI=1S/C15H24BrN3/c1-5-6-7-8-19(4)15-13(10-17-12(2)3)9-14(16)11-18-15/h5,9,11-12,17H,1,6-8,10H2,2-4H3. The SMILES string of the molecule is C=CCCCN(C)c1ncc(Br)cc1CNC(C)C. The molecule has 0 aromatic carbocycles. The number of pyridine rings is 1. The van der Waals surface area contributed by atoms with E-state index in [2.05, 4.69) is 64.7 Å². The number of nitrogens with one attached hydrogen (secondary N) is 1. The van der Waals surface area contributed by atoms with Gasteiger partial charge in [-0.3, -0.25) is 0 Å². The van der Waals surface area contributed by atoms with Gasteiger partial charge in [-0.2, -0.15) is 0 Å². The lowest BCUT2D eigenvalue weighted by atomic mass is 10.2. The molecule has 0 unspecified atom stereocenters. The number of halogens is 1. The highest BCUT2D eigenvalue weighted by molar-refractivity contribution is 9.10. The Kier molecular flexibility index (Phi) is 7.10. The van der Waals surface area contributed by atoms with E-state index in [0.29, 0.717) is 6.04 Å². The van der Waals surface area contributed by atoms with Gasteiger partial charge in [-0.05, 0) is 34.8 Å². The van der Waals surface area contributed by atoms with Crippen molar-refractivity contribution >= 4 is 21.7 Å². The van der Waals surface area contributed by atoms with Crippen LogP contribution in [0, 0.1) is 0 Å². The van der Waals surface area contributed by atoms with Crippen molar-refractivity contribution in [3.63, 3.8) is 0 Å². The van der Waals surface area contributed by atoms with E-state index in [1.54, 1.807) is 0 Å². The molecule has 0 aliphatic carbocycles. The summed E-state index contributed by atoms with van der Waals surface area (Å²) in [6, 6.07) is 2.61. The average Bonchev–Trinajstić information content (AvgIpc) is 2.36. The molecule has 19 heavy (non-hydrogen) atoms.